The van der Waals surface area contributed by atoms with Crippen molar-refractivity contribution in [3.05, 3.63) is 0 Å². The van der Waals surface area contributed by atoms with Crippen LogP contribution in [0, 0.1) is 0 Å². The molecule has 0 fully saturated rings. The Balaban J connectivity index is 4.04. The summed E-state index contributed by atoms with van der Waals surface area (Å²) >= 11 is 15.0. The third-order valence-electron chi connectivity index (χ3n) is 0.720. The summed E-state index contributed by atoms with van der Waals surface area (Å²) in [6.07, 6.45) is -2.56. The van der Waals surface area contributed by atoms with Crippen molar-refractivity contribution in [1.82, 2.24) is 0 Å². The second-order valence-corrected chi connectivity index (χ2v) is 6.79. The number of hydrogen-bond donors (Lipinski definition) is 4. The Labute approximate surface area is 109 Å². The largest absolute Gasteiger partial charge is 0.520 e. The highest BCUT2D eigenvalue weighted by atomic mass is 32.2. The van der Waals surface area contributed by atoms with Crippen LogP contribution in [0.3, 0.4) is 0 Å². The van der Waals surface area contributed by atoms with Gasteiger partial charge in [-0.1, -0.05) is 0 Å². The van der Waals surface area contributed by atoms with E-state index in [0.29, 0.717) is 0 Å². The number of ether oxygens (including phenoxy) is 3. The average Bonchev–Trinajstić information content (AvgIpc) is 1.73. The van der Waals surface area contributed by atoms with Gasteiger partial charge in [0.15, 0.2) is 8.53 Å². The van der Waals surface area contributed by atoms with Crippen molar-refractivity contribution in [2.45, 2.75) is 22.4 Å². The van der Waals surface area contributed by atoms with Crippen LogP contribution in [0.5, 0.6) is 0 Å². The van der Waals surface area contributed by atoms with Gasteiger partial charge in [-0.25, -0.2) is 9.59 Å². The molecule has 0 aliphatic rings. The lowest BCUT2D eigenvalue weighted by Gasteiger charge is -2.18. The van der Waals surface area contributed by atoms with Crippen LogP contribution in [0.2, 0.25) is 0 Å². The van der Waals surface area contributed by atoms with Gasteiger partial charge < -0.3 is 14.2 Å². The molecule has 0 spiro atoms. The molecule has 0 aromatic heterocycles. The quantitative estimate of drug-likeness (QED) is 0.272. The lowest BCUT2D eigenvalue weighted by Crippen LogP contribution is -2.26. The summed E-state index contributed by atoms with van der Waals surface area (Å²) in [6.45, 7) is 2.74. The van der Waals surface area contributed by atoms with E-state index in [2.05, 4.69) is 64.7 Å². The van der Waals surface area contributed by atoms with E-state index in [0.717, 1.165) is 0 Å². The number of hydrogen-bond acceptors (Lipinski definition) is 9. The van der Waals surface area contributed by atoms with Gasteiger partial charge in [0.05, 0.1) is 0 Å². The first-order valence-electron chi connectivity index (χ1n) is 3.53. The van der Waals surface area contributed by atoms with Gasteiger partial charge in [0.2, 0.25) is 0 Å². The zero-order valence-electron chi connectivity index (χ0n) is 7.83. The van der Waals surface area contributed by atoms with Crippen molar-refractivity contribution >= 4 is 62.8 Å². The number of thiol groups is 4. The van der Waals surface area contributed by atoms with Gasteiger partial charge in [0.1, 0.15) is 0 Å². The molecule has 0 rings (SSSR count). The van der Waals surface area contributed by atoms with E-state index >= 15 is 0 Å². The lowest BCUT2D eigenvalue weighted by atomic mass is 10.8. The third kappa shape index (κ3) is 10.4. The van der Waals surface area contributed by atoms with Crippen LogP contribution in [0.15, 0.2) is 0 Å². The molecule has 0 amide bonds. The number of rotatable bonds is 2. The second kappa shape index (κ2) is 5.46. The fraction of sp³-hybridized carbons (Fsp3) is 0.667. The van der Waals surface area contributed by atoms with Crippen molar-refractivity contribution in [3.63, 3.8) is 0 Å². The molecule has 15 heavy (non-hydrogen) atoms. The van der Waals surface area contributed by atoms with Gasteiger partial charge >= 0.3 is 12.3 Å². The molecular weight excluding hydrogens is 280 g/mol. The maximum Gasteiger partial charge on any atom is 0.520 e. The van der Waals surface area contributed by atoms with E-state index in [9.17, 15) is 9.59 Å². The van der Waals surface area contributed by atoms with Crippen molar-refractivity contribution in [2.75, 3.05) is 0 Å². The van der Waals surface area contributed by atoms with Crippen molar-refractivity contribution in [2.24, 2.45) is 0 Å². The summed E-state index contributed by atoms with van der Waals surface area (Å²) in [5.74, 6) is 0. The van der Waals surface area contributed by atoms with Gasteiger partial charge in [-0.2, -0.15) is 0 Å². The molecule has 88 valence electrons. The zero-order chi connectivity index (χ0) is 12.3. The zero-order valence-corrected chi connectivity index (χ0v) is 11.4. The Bertz CT molecular complexity index is 227. The van der Waals surface area contributed by atoms with Crippen LogP contribution < -0.4 is 0 Å². The fourth-order valence-corrected chi connectivity index (χ4v) is 0.724. The van der Waals surface area contributed by atoms with E-state index in [4.69, 9.17) is 0 Å². The Morgan fingerprint density at radius 1 is 0.867 bits per heavy atom. The van der Waals surface area contributed by atoms with Crippen LogP contribution in [0.4, 0.5) is 9.59 Å². The van der Waals surface area contributed by atoms with Crippen LogP contribution >= 0.6 is 50.5 Å². The van der Waals surface area contributed by atoms with Crippen LogP contribution in [-0.4, -0.2) is 20.8 Å². The molecule has 0 aromatic rings. The molecule has 0 aromatic carbocycles. The summed E-state index contributed by atoms with van der Waals surface area (Å²) in [4.78, 5) is 21.7. The predicted molar refractivity (Wildman–Crippen MR) is 66.8 cm³/mol. The highest BCUT2D eigenvalue weighted by Crippen LogP contribution is 2.22. The minimum atomic E-state index is -1.34. The van der Waals surface area contributed by atoms with E-state index in [-0.39, 0.29) is 0 Å². The Morgan fingerprint density at radius 2 is 1.13 bits per heavy atom. The summed E-state index contributed by atoms with van der Waals surface area (Å²) in [5.41, 5.74) is 0. The Hall–Kier alpha value is 0.140. The molecule has 0 bridgehead atoms. The number of carbonyl (C=O) groups is 2. The van der Waals surface area contributed by atoms with Crippen molar-refractivity contribution < 1.29 is 23.8 Å². The summed E-state index contributed by atoms with van der Waals surface area (Å²) in [6, 6.07) is 0. The molecule has 0 saturated heterocycles. The van der Waals surface area contributed by atoms with Gasteiger partial charge in [0.25, 0.3) is 0 Å². The summed E-state index contributed by atoms with van der Waals surface area (Å²) < 4.78 is 10.3. The fourth-order valence-electron chi connectivity index (χ4n) is 0.425. The highest BCUT2D eigenvalue weighted by molar-refractivity contribution is 8.00. The first kappa shape index (κ1) is 15.1. The monoisotopic (exact) mass is 290 g/mol. The molecule has 5 nitrogen and oxygen atoms in total. The van der Waals surface area contributed by atoms with Crippen LogP contribution in [0.1, 0.15) is 13.8 Å². The van der Waals surface area contributed by atoms with Crippen LogP contribution in [0.25, 0.3) is 0 Å². The van der Waals surface area contributed by atoms with Crippen molar-refractivity contribution in [3.8, 4) is 0 Å². The SMILES string of the molecule is CC(S)(S)OC(=O)OC(=O)OC(C)(S)S. The molecule has 0 atom stereocenters. The molecule has 0 heterocycles. The third-order valence-corrected chi connectivity index (χ3v) is 1.09. The van der Waals surface area contributed by atoms with Gasteiger partial charge in [-0.05, 0) is 13.8 Å². The van der Waals surface area contributed by atoms with Gasteiger partial charge in [0, 0.05) is 0 Å². The maximum atomic E-state index is 10.9. The maximum absolute atomic E-state index is 10.9. The lowest BCUT2D eigenvalue weighted by molar-refractivity contribution is 0.0242. The Kier molecular flexibility index (Phi) is 5.51. The molecule has 9 heteroatoms. The molecular formula is C6H10O5S4. The minimum absolute atomic E-state index is 1.28. The summed E-state index contributed by atoms with van der Waals surface area (Å²) in [5, 5.41) is 0. The first-order valence-corrected chi connectivity index (χ1v) is 5.32. The highest BCUT2D eigenvalue weighted by Gasteiger charge is 2.26. The smallest absolute Gasteiger partial charge is 0.407 e. The molecule has 0 aliphatic carbocycles. The van der Waals surface area contributed by atoms with E-state index in [1.54, 1.807) is 0 Å². The first-order chi connectivity index (χ1) is 6.49. The molecule has 0 radical (unpaired) electrons. The van der Waals surface area contributed by atoms with E-state index < -0.39 is 20.8 Å². The van der Waals surface area contributed by atoms with Crippen molar-refractivity contribution in [1.29, 1.82) is 0 Å². The van der Waals surface area contributed by atoms with E-state index in [1.165, 1.54) is 13.8 Å². The average molecular weight is 290 g/mol. The number of carbonyl (C=O) groups excluding carboxylic acids is 2. The minimum Gasteiger partial charge on any atom is -0.407 e. The Morgan fingerprint density at radius 3 is 1.33 bits per heavy atom. The molecule has 0 unspecified atom stereocenters. The van der Waals surface area contributed by atoms with E-state index in [1.807, 2.05) is 0 Å². The normalized spacial score (nSPS) is 11.9. The standard InChI is InChI=1S/C6H10O5S4/c1-5(12,13)10-3(7)9-4(8)11-6(2,14)15/h12-15H,1-2H3. The van der Waals surface area contributed by atoms with Crippen LogP contribution in [-0.2, 0) is 14.2 Å². The molecule has 0 saturated carbocycles. The topological polar surface area (TPSA) is 61.8 Å². The molecule has 0 aliphatic heterocycles. The second-order valence-electron chi connectivity index (χ2n) is 2.67. The van der Waals surface area contributed by atoms with Gasteiger partial charge in [-0.3, -0.25) is 0 Å². The molecule has 0 N–H and O–H groups in total. The summed E-state index contributed by atoms with van der Waals surface area (Å²) in [7, 11) is 0. The van der Waals surface area contributed by atoms with Gasteiger partial charge in [-0.15, -0.1) is 50.5 Å². The predicted octanol–water partition coefficient (Wildman–Crippen LogP) is 2.34.